The lowest BCUT2D eigenvalue weighted by atomic mass is 10.0. The number of piperidine rings is 1. The van der Waals surface area contributed by atoms with E-state index in [9.17, 15) is 57.5 Å². The molecule has 42 N–H and O–H groups in total. The molecule has 720 valence electrons. The average molecular weight is 1900 g/mol. The first-order valence-electron chi connectivity index (χ1n) is 43.8. The zero-order chi connectivity index (χ0) is 95.2. The molecule has 0 radical (unpaired) electrons. The van der Waals surface area contributed by atoms with E-state index < -0.39 is 125 Å². The number of hydrogen-bond donors (Lipinski definition) is 33. The van der Waals surface area contributed by atoms with E-state index >= 15 is 0 Å². The van der Waals surface area contributed by atoms with Gasteiger partial charge in [-0.25, -0.2) is 4.98 Å². The van der Waals surface area contributed by atoms with Crippen molar-refractivity contribution in [2.24, 2.45) is 51.6 Å². The largest absolute Gasteiger partial charge is 0.370 e. The van der Waals surface area contributed by atoms with Crippen LogP contribution in [0.1, 0.15) is 192 Å². The van der Waals surface area contributed by atoms with Crippen molar-refractivity contribution < 1.29 is 52.7 Å². The van der Waals surface area contributed by atoms with E-state index in [1.165, 1.54) is 15.9 Å². The highest BCUT2D eigenvalue weighted by Crippen LogP contribution is 2.31. The number of likely N-dealkylation sites (tertiary alicyclic amines) is 1. The fourth-order valence-electron chi connectivity index (χ4n) is 13.9. The smallest absolute Gasteiger partial charge is 0.272 e. The van der Waals surface area contributed by atoms with Gasteiger partial charge in [-0.15, -0.1) is 11.3 Å². The van der Waals surface area contributed by atoms with Gasteiger partial charge in [0.2, 0.25) is 65.0 Å². The molecular weight excluding hydrogens is 1760 g/mol. The number of nitrogens with one attached hydrogen (secondary N) is 24. The van der Waals surface area contributed by atoms with Gasteiger partial charge in [0, 0.05) is 82.4 Å². The van der Waals surface area contributed by atoms with Crippen LogP contribution in [0.15, 0.2) is 21.5 Å². The summed E-state index contributed by atoms with van der Waals surface area (Å²) in [4.78, 5) is 180. The fraction of sp³-hybridized carbons (Fsp3) is 0.654. The van der Waals surface area contributed by atoms with Crippen molar-refractivity contribution in [1.82, 2.24) is 110 Å². The average Bonchev–Trinajstić information content (AvgIpc) is 1.61. The number of halogens is 1. The zero-order valence-corrected chi connectivity index (χ0v) is 75.8. The van der Waals surface area contributed by atoms with Crippen LogP contribution >= 0.6 is 27.3 Å². The predicted octanol–water partition coefficient (Wildman–Crippen LogP) is -5.17. The SMILES string of the molecule is N=C(N)NCCCC(NC(=O)[C@@H](CCCNC(=N)N)NC(=O)CCCCCNC(=O)[C@@H](CCCNC(=N)N)NC(=O)CCCCCCNC(=O)Cn1c(CN2CCCCC2)nc2c(sc3cc(Br)cnc32)c1=O)C(=O)N[C@H](CCCNC(=N)N)C(=O)NC(CCCNC(=N)N)C(=O)N[C@H](CCCNC(=N)N)C(=O)NC(CCCNC(=N)N)C(=O)N[C@H](CCCCN)C(N)=O. The van der Waals surface area contributed by atoms with Crippen LogP contribution < -0.4 is 148 Å². The van der Waals surface area contributed by atoms with Gasteiger partial charge in [0.05, 0.1) is 11.2 Å². The first-order chi connectivity index (χ1) is 61.5. The second-order valence-corrected chi connectivity index (χ2v) is 33.3. The van der Waals surface area contributed by atoms with Crippen LogP contribution in [0.5, 0.6) is 0 Å². The molecule has 51 heteroatoms. The molecule has 4 heterocycles. The molecule has 8 atom stereocenters. The third kappa shape index (κ3) is 45.3. The topological polar surface area (TPSA) is 844 Å². The van der Waals surface area contributed by atoms with Gasteiger partial charge in [-0.05, 0) is 189 Å². The maximum absolute atomic E-state index is 14.9. The number of unbranched alkanes of at least 4 members (excludes halogenated alkanes) is 6. The molecule has 11 amide bonds. The lowest BCUT2D eigenvalue weighted by Crippen LogP contribution is -2.60. The zero-order valence-electron chi connectivity index (χ0n) is 73.3. The third-order valence-electron chi connectivity index (χ3n) is 20.6. The van der Waals surface area contributed by atoms with Crippen molar-refractivity contribution in [1.29, 1.82) is 37.9 Å². The van der Waals surface area contributed by atoms with Crippen LogP contribution in [0, 0.1) is 37.9 Å². The van der Waals surface area contributed by atoms with Gasteiger partial charge in [0.15, 0.2) is 41.7 Å². The van der Waals surface area contributed by atoms with Crippen molar-refractivity contribution >= 4 is 154 Å². The number of hydrogen-bond acceptors (Lipinski definition) is 24. The molecule has 1 fully saturated rings. The molecule has 3 aromatic heterocycles. The number of nitrogens with zero attached hydrogens (tertiary/aromatic N) is 4. The summed E-state index contributed by atoms with van der Waals surface area (Å²) in [7, 11) is 0. The highest BCUT2D eigenvalue weighted by Gasteiger charge is 2.35. The Balaban J connectivity index is 1.45. The number of amides is 11. The van der Waals surface area contributed by atoms with Crippen LogP contribution in [-0.4, -0.2) is 253 Å². The summed E-state index contributed by atoms with van der Waals surface area (Å²) in [6.45, 7) is 3.25. The van der Waals surface area contributed by atoms with Crippen molar-refractivity contribution in [3.05, 3.63) is 32.9 Å². The summed E-state index contributed by atoms with van der Waals surface area (Å²) in [5, 5.41) is 99.5. The second kappa shape index (κ2) is 61.2. The minimum absolute atomic E-state index is 0.00220. The van der Waals surface area contributed by atoms with Crippen molar-refractivity contribution in [2.75, 3.05) is 78.5 Å². The molecule has 49 nitrogen and oxygen atoms in total. The van der Waals surface area contributed by atoms with E-state index in [1.807, 2.05) is 6.07 Å². The normalized spacial score (nSPS) is 13.7. The Hall–Kier alpha value is -12.3. The third-order valence-corrected chi connectivity index (χ3v) is 22.1. The summed E-state index contributed by atoms with van der Waals surface area (Å²) in [6, 6.07) is -8.92. The molecular formula is C78H138BrN37O12S. The molecule has 0 aromatic carbocycles. The van der Waals surface area contributed by atoms with Crippen LogP contribution in [0.3, 0.4) is 0 Å². The molecule has 0 bridgehead atoms. The molecule has 0 aliphatic carbocycles. The predicted molar refractivity (Wildman–Crippen MR) is 495 cm³/mol. The number of rotatable bonds is 65. The Labute approximate surface area is 761 Å². The molecule has 1 aliphatic heterocycles. The van der Waals surface area contributed by atoms with Crippen molar-refractivity contribution in [3.8, 4) is 0 Å². The molecule has 3 aromatic rings. The van der Waals surface area contributed by atoms with Crippen molar-refractivity contribution in [3.63, 3.8) is 0 Å². The molecule has 4 rings (SSSR count). The van der Waals surface area contributed by atoms with E-state index in [4.69, 9.17) is 94.5 Å². The quantitative estimate of drug-likeness (QED) is 0.0143. The van der Waals surface area contributed by atoms with E-state index in [-0.39, 0.29) is 203 Å². The van der Waals surface area contributed by atoms with Crippen LogP contribution in [-0.2, 0) is 65.8 Å². The Morgan fingerprint density at radius 2 is 0.705 bits per heavy atom. The molecule has 3 unspecified atom stereocenters. The number of aromatic nitrogens is 3. The molecule has 0 spiro atoms. The van der Waals surface area contributed by atoms with Gasteiger partial charge in [-0.3, -0.25) is 110 Å². The molecule has 0 saturated carbocycles. The lowest BCUT2D eigenvalue weighted by molar-refractivity contribution is -0.136. The Bertz CT molecular complexity index is 4280. The number of fused-ring (bicyclic) bond motifs is 3. The van der Waals surface area contributed by atoms with E-state index in [1.54, 1.807) is 6.20 Å². The van der Waals surface area contributed by atoms with Gasteiger partial charge >= 0.3 is 0 Å². The maximum Gasteiger partial charge on any atom is 0.272 e. The van der Waals surface area contributed by atoms with E-state index in [2.05, 4.69) is 116 Å². The minimum atomic E-state index is -1.53. The van der Waals surface area contributed by atoms with Gasteiger partial charge in [0.25, 0.3) is 5.56 Å². The number of nitrogens with two attached hydrogens (primary N) is 9. The number of carbonyl (C=O) groups is 11. The standard InChI is InChI=1S/C78H138BrN37O12S/c79-46-42-55-60(105-43-46)61-62(129-55)71(128)116(56(114-61)44-115-40-11-4-12-41-115)45-59(119)96-31-9-2-1-5-28-57(117)106-48(21-13-33-98-72(82)83)64(121)97-32-10-3-6-29-58(118)107-49(22-14-34-99-73(84)85)65(122)109-51(24-16-36-101-75(88)89)67(124)111-53(26-18-38-103-77(92)93)69(126)113-54(27-19-39-104-78(94)95)70(127)112-52(25-17-37-102-76(90)91)68(125)110-50(23-15-35-100-74(86)87)66(123)108-47(63(81)120)20-7-8-30-80/h42-43,47-54H,1-41,44-45,80H2,(H2,81,120)(H,96,119)(H,97,121)(H,106,117)(H,107,118)(H,108,123)(H,109,122)(H,110,125)(H,111,124)(H,112,127)(H,113,126)(H4,82,83,98)(H4,84,85,99)(H4,86,87,100)(H4,88,89,101)(H4,90,91,102)(H4,92,93,103)(H4,94,95,104)/t47-,48-,49-,50?,51?,52-,53-,54?/m1/s1. The molecule has 1 saturated heterocycles. The number of primary amides is 1. The fourth-order valence-corrected chi connectivity index (χ4v) is 15.4. The number of guanidine groups is 7. The number of carbonyl (C=O) groups excluding carboxylic acids is 11. The van der Waals surface area contributed by atoms with E-state index in [0.29, 0.717) is 99.0 Å². The first kappa shape index (κ1) is 109. The summed E-state index contributed by atoms with van der Waals surface area (Å²) >= 11 is 4.75. The van der Waals surface area contributed by atoms with Gasteiger partial charge in [0.1, 0.15) is 76.4 Å². The number of pyridine rings is 1. The van der Waals surface area contributed by atoms with Gasteiger partial charge in [-0.2, -0.15) is 0 Å². The minimum Gasteiger partial charge on any atom is -0.370 e. The number of thiophene rings is 1. The van der Waals surface area contributed by atoms with Gasteiger partial charge in [-0.1, -0.05) is 25.7 Å². The van der Waals surface area contributed by atoms with E-state index in [0.717, 1.165) is 41.5 Å². The van der Waals surface area contributed by atoms with Crippen LogP contribution in [0.4, 0.5) is 0 Å². The highest BCUT2D eigenvalue weighted by molar-refractivity contribution is 9.10. The van der Waals surface area contributed by atoms with Crippen LogP contribution in [0.25, 0.3) is 20.4 Å². The molecule has 1 aliphatic rings. The summed E-state index contributed by atoms with van der Waals surface area (Å²) < 4.78 is 3.47. The molecule has 129 heavy (non-hydrogen) atoms. The maximum atomic E-state index is 14.9. The summed E-state index contributed by atoms with van der Waals surface area (Å²) in [6.07, 6.45) is 9.73. The summed E-state index contributed by atoms with van der Waals surface area (Å²) in [5.41, 5.74) is 51.0. The summed E-state index contributed by atoms with van der Waals surface area (Å²) in [5.74, 6) is -10.1. The Morgan fingerprint density at radius 3 is 1.07 bits per heavy atom. The highest BCUT2D eigenvalue weighted by atomic mass is 79.9. The van der Waals surface area contributed by atoms with Crippen LogP contribution in [0.2, 0.25) is 0 Å². The monoisotopic (exact) mass is 1900 g/mol. The lowest BCUT2D eigenvalue weighted by Gasteiger charge is -2.28. The van der Waals surface area contributed by atoms with Crippen molar-refractivity contribution in [2.45, 2.75) is 248 Å². The Morgan fingerprint density at radius 1 is 0.380 bits per heavy atom. The Kier molecular flexibility index (Phi) is 51.7. The first-order valence-corrected chi connectivity index (χ1v) is 45.4. The second-order valence-electron chi connectivity index (χ2n) is 31.3. The van der Waals surface area contributed by atoms with Gasteiger partial charge < -0.3 is 142 Å².